The SMILES string of the molecule is CCCCCCC(NCCC)C1(OCC)CCOCC1. The molecule has 0 saturated carbocycles. The van der Waals surface area contributed by atoms with E-state index in [1.54, 1.807) is 0 Å². The third kappa shape index (κ3) is 5.71. The predicted molar refractivity (Wildman–Crippen MR) is 85.3 cm³/mol. The van der Waals surface area contributed by atoms with Crippen LogP contribution in [0.2, 0.25) is 0 Å². The van der Waals surface area contributed by atoms with E-state index in [0.29, 0.717) is 6.04 Å². The Hall–Kier alpha value is -0.120. The minimum absolute atomic E-state index is 0.00832. The second-order valence-electron chi connectivity index (χ2n) is 5.97. The van der Waals surface area contributed by atoms with Crippen LogP contribution in [0.1, 0.15) is 72.1 Å². The molecule has 1 heterocycles. The molecular formula is C17H35NO2. The van der Waals surface area contributed by atoms with Crippen LogP contribution >= 0.6 is 0 Å². The van der Waals surface area contributed by atoms with Crippen LogP contribution in [0.5, 0.6) is 0 Å². The van der Waals surface area contributed by atoms with Gasteiger partial charge in [-0.3, -0.25) is 0 Å². The van der Waals surface area contributed by atoms with Crippen molar-refractivity contribution in [3.8, 4) is 0 Å². The Morgan fingerprint density at radius 3 is 2.40 bits per heavy atom. The van der Waals surface area contributed by atoms with Crippen molar-refractivity contribution in [1.82, 2.24) is 5.32 Å². The molecule has 0 spiro atoms. The second-order valence-corrected chi connectivity index (χ2v) is 5.97. The van der Waals surface area contributed by atoms with Gasteiger partial charge in [0.05, 0.1) is 5.60 Å². The van der Waals surface area contributed by atoms with E-state index in [1.165, 1.54) is 38.5 Å². The molecule has 120 valence electrons. The molecule has 3 nitrogen and oxygen atoms in total. The summed E-state index contributed by atoms with van der Waals surface area (Å²) < 4.78 is 11.8. The highest BCUT2D eigenvalue weighted by Crippen LogP contribution is 2.31. The van der Waals surface area contributed by atoms with Gasteiger partial charge in [0, 0.05) is 38.7 Å². The lowest BCUT2D eigenvalue weighted by molar-refractivity contribution is -0.128. The van der Waals surface area contributed by atoms with Gasteiger partial charge < -0.3 is 14.8 Å². The first kappa shape index (κ1) is 17.9. The fraction of sp³-hybridized carbons (Fsp3) is 1.00. The van der Waals surface area contributed by atoms with Crippen LogP contribution in [-0.2, 0) is 9.47 Å². The van der Waals surface area contributed by atoms with E-state index in [9.17, 15) is 0 Å². The molecule has 3 heteroatoms. The first-order valence-corrected chi connectivity index (χ1v) is 8.74. The van der Waals surface area contributed by atoms with Crippen molar-refractivity contribution >= 4 is 0 Å². The number of hydrogen-bond acceptors (Lipinski definition) is 3. The number of nitrogens with one attached hydrogen (secondary N) is 1. The third-order valence-corrected chi connectivity index (χ3v) is 4.39. The first-order chi connectivity index (χ1) is 9.79. The third-order valence-electron chi connectivity index (χ3n) is 4.39. The number of unbranched alkanes of at least 4 members (excludes halogenated alkanes) is 3. The maximum Gasteiger partial charge on any atom is 0.0878 e. The smallest absolute Gasteiger partial charge is 0.0878 e. The fourth-order valence-electron chi connectivity index (χ4n) is 3.24. The van der Waals surface area contributed by atoms with Gasteiger partial charge in [-0.05, 0) is 26.3 Å². The quantitative estimate of drug-likeness (QED) is 0.584. The number of hydrogen-bond donors (Lipinski definition) is 1. The topological polar surface area (TPSA) is 30.5 Å². The normalized spacial score (nSPS) is 19.9. The molecular weight excluding hydrogens is 250 g/mol. The molecule has 0 bridgehead atoms. The van der Waals surface area contributed by atoms with Crippen LogP contribution < -0.4 is 5.32 Å². The summed E-state index contributed by atoms with van der Waals surface area (Å²) in [5.41, 5.74) is 0.00832. The number of rotatable bonds is 11. The summed E-state index contributed by atoms with van der Waals surface area (Å²) in [6.45, 7) is 10.2. The van der Waals surface area contributed by atoms with E-state index < -0.39 is 0 Å². The average molecular weight is 285 g/mol. The van der Waals surface area contributed by atoms with Gasteiger partial charge in [0.25, 0.3) is 0 Å². The minimum Gasteiger partial charge on any atom is -0.381 e. The Kier molecular flexibility index (Phi) is 9.49. The molecule has 0 aromatic heterocycles. The van der Waals surface area contributed by atoms with Crippen molar-refractivity contribution in [2.24, 2.45) is 0 Å². The van der Waals surface area contributed by atoms with Gasteiger partial charge >= 0.3 is 0 Å². The Labute approximate surface area is 125 Å². The lowest BCUT2D eigenvalue weighted by Crippen LogP contribution is -2.55. The van der Waals surface area contributed by atoms with Crippen molar-refractivity contribution in [3.05, 3.63) is 0 Å². The van der Waals surface area contributed by atoms with Gasteiger partial charge in [-0.1, -0.05) is 39.5 Å². The van der Waals surface area contributed by atoms with Crippen LogP contribution in [0.4, 0.5) is 0 Å². The monoisotopic (exact) mass is 285 g/mol. The van der Waals surface area contributed by atoms with E-state index in [2.05, 4.69) is 26.1 Å². The summed E-state index contributed by atoms with van der Waals surface area (Å²) in [6, 6.07) is 0.489. The zero-order valence-electron chi connectivity index (χ0n) is 13.9. The molecule has 1 saturated heterocycles. The summed E-state index contributed by atoms with van der Waals surface area (Å²) in [5.74, 6) is 0. The van der Waals surface area contributed by atoms with Crippen molar-refractivity contribution in [2.45, 2.75) is 83.8 Å². The average Bonchev–Trinajstić information content (AvgIpc) is 2.47. The maximum absolute atomic E-state index is 6.24. The van der Waals surface area contributed by atoms with E-state index in [0.717, 1.165) is 39.2 Å². The van der Waals surface area contributed by atoms with Gasteiger partial charge in [-0.2, -0.15) is 0 Å². The summed E-state index contributed by atoms with van der Waals surface area (Å²) in [5, 5.41) is 3.76. The van der Waals surface area contributed by atoms with Crippen LogP contribution in [0.15, 0.2) is 0 Å². The molecule has 20 heavy (non-hydrogen) atoms. The largest absolute Gasteiger partial charge is 0.381 e. The second kappa shape index (κ2) is 10.6. The number of ether oxygens (including phenoxy) is 2. The highest BCUT2D eigenvalue weighted by Gasteiger charge is 2.40. The molecule has 1 aliphatic heterocycles. The molecule has 1 N–H and O–H groups in total. The van der Waals surface area contributed by atoms with E-state index in [-0.39, 0.29) is 5.60 Å². The Bertz CT molecular complexity index is 222. The zero-order chi connectivity index (χ0) is 14.7. The van der Waals surface area contributed by atoms with Gasteiger partial charge in [0.15, 0.2) is 0 Å². The molecule has 0 aromatic carbocycles. The van der Waals surface area contributed by atoms with Crippen molar-refractivity contribution < 1.29 is 9.47 Å². The molecule has 1 atom stereocenters. The summed E-state index contributed by atoms with van der Waals surface area (Å²) in [6.07, 6.45) is 9.81. The Morgan fingerprint density at radius 1 is 1.05 bits per heavy atom. The van der Waals surface area contributed by atoms with Gasteiger partial charge in [0.1, 0.15) is 0 Å². The van der Waals surface area contributed by atoms with E-state index >= 15 is 0 Å². The molecule has 1 unspecified atom stereocenters. The Morgan fingerprint density at radius 2 is 1.80 bits per heavy atom. The van der Waals surface area contributed by atoms with Gasteiger partial charge in [0.2, 0.25) is 0 Å². The summed E-state index contributed by atoms with van der Waals surface area (Å²) in [4.78, 5) is 0. The van der Waals surface area contributed by atoms with Crippen molar-refractivity contribution in [2.75, 3.05) is 26.4 Å². The van der Waals surface area contributed by atoms with Crippen LogP contribution in [-0.4, -0.2) is 38.0 Å². The van der Waals surface area contributed by atoms with Gasteiger partial charge in [-0.25, -0.2) is 0 Å². The Balaban J connectivity index is 2.59. The van der Waals surface area contributed by atoms with E-state index in [1.807, 2.05) is 0 Å². The maximum atomic E-state index is 6.24. The van der Waals surface area contributed by atoms with Crippen LogP contribution in [0.3, 0.4) is 0 Å². The molecule has 0 radical (unpaired) electrons. The summed E-state index contributed by atoms with van der Waals surface area (Å²) in [7, 11) is 0. The lowest BCUT2D eigenvalue weighted by atomic mass is 9.83. The van der Waals surface area contributed by atoms with Crippen LogP contribution in [0.25, 0.3) is 0 Å². The molecule has 0 aliphatic carbocycles. The zero-order valence-corrected chi connectivity index (χ0v) is 13.9. The molecule has 1 aliphatic rings. The standard InChI is InChI=1S/C17H35NO2/c1-4-7-8-9-10-16(18-13-5-2)17(20-6-3)11-14-19-15-12-17/h16,18H,4-15H2,1-3H3. The fourth-order valence-corrected chi connectivity index (χ4v) is 3.24. The first-order valence-electron chi connectivity index (χ1n) is 8.74. The van der Waals surface area contributed by atoms with E-state index in [4.69, 9.17) is 9.47 Å². The predicted octanol–water partition coefficient (Wildman–Crippen LogP) is 3.91. The minimum atomic E-state index is 0.00832. The molecule has 0 aromatic rings. The van der Waals surface area contributed by atoms with Crippen molar-refractivity contribution in [3.63, 3.8) is 0 Å². The van der Waals surface area contributed by atoms with Crippen LogP contribution in [0, 0.1) is 0 Å². The van der Waals surface area contributed by atoms with Gasteiger partial charge in [-0.15, -0.1) is 0 Å². The highest BCUT2D eigenvalue weighted by atomic mass is 16.5. The van der Waals surface area contributed by atoms with Crippen molar-refractivity contribution in [1.29, 1.82) is 0 Å². The lowest BCUT2D eigenvalue weighted by Gasteiger charge is -2.43. The molecule has 1 fully saturated rings. The molecule has 1 rings (SSSR count). The highest BCUT2D eigenvalue weighted by molar-refractivity contribution is 4.95. The molecule has 0 amide bonds. The summed E-state index contributed by atoms with van der Waals surface area (Å²) >= 11 is 0.